The highest BCUT2D eigenvalue weighted by Crippen LogP contribution is 2.36. The molecule has 0 aliphatic rings. The fourth-order valence-electron chi connectivity index (χ4n) is 3.43. The van der Waals surface area contributed by atoms with E-state index in [0.717, 1.165) is 22.5 Å². The largest absolute Gasteiger partial charge is 0.505 e. The number of aromatic amines is 1. The average Bonchev–Trinajstić information content (AvgIpc) is 2.79. The molecule has 0 radical (unpaired) electrons. The number of anilines is 1. The van der Waals surface area contributed by atoms with E-state index < -0.39 is 5.97 Å². The number of fused-ring (bicyclic) bond motifs is 1. The molecule has 4 rings (SSSR count). The summed E-state index contributed by atoms with van der Waals surface area (Å²) in [6, 6.07) is 20.2. The second-order valence-corrected chi connectivity index (χ2v) is 6.99. The van der Waals surface area contributed by atoms with E-state index in [1.807, 2.05) is 67.7 Å². The van der Waals surface area contributed by atoms with Crippen molar-refractivity contribution in [2.75, 3.05) is 12.4 Å². The molecule has 0 aliphatic heterocycles. The number of rotatable bonds is 5. The lowest BCUT2D eigenvalue weighted by Gasteiger charge is -2.18. The summed E-state index contributed by atoms with van der Waals surface area (Å²) in [6.07, 6.45) is 1.82. The maximum Gasteiger partial charge on any atom is 0.337 e. The maximum absolute atomic E-state index is 11.8. The number of H-pyrrole nitrogens is 1. The highest BCUT2D eigenvalue weighted by Gasteiger charge is 2.24. The van der Waals surface area contributed by atoms with Gasteiger partial charge in [-0.3, -0.25) is 5.32 Å². The van der Waals surface area contributed by atoms with Gasteiger partial charge in [0.25, 0.3) is 5.82 Å². The molecule has 0 aliphatic carbocycles. The molecule has 6 nitrogen and oxygen atoms in total. The van der Waals surface area contributed by atoms with Gasteiger partial charge in [-0.25, -0.2) is 14.8 Å². The Labute approximate surface area is 174 Å². The second kappa shape index (κ2) is 8.21. The number of carbonyl (C=O) groups excluding carboxylic acids is 1. The Kier molecular flexibility index (Phi) is 5.30. The fourth-order valence-corrected chi connectivity index (χ4v) is 3.43. The van der Waals surface area contributed by atoms with Gasteiger partial charge < -0.3 is 9.84 Å². The summed E-state index contributed by atoms with van der Waals surface area (Å²) in [4.78, 5) is 19.5. The summed E-state index contributed by atoms with van der Waals surface area (Å²) in [7, 11) is 1.36. The smallest absolute Gasteiger partial charge is 0.337 e. The molecule has 3 N–H and O–H groups in total. The van der Waals surface area contributed by atoms with E-state index >= 15 is 0 Å². The zero-order valence-electron chi connectivity index (χ0n) is 16.7. The number of nitrogens with zero attached hydrogens (tertiary/aromatic N) is 1. The number of pyridine rings is 2. The van der Waals surface area contributed by atoms with Gasteiger partial charge in [0.2, 0.25) is 0 Å². The molecule has 2 aromatic carbocycles. The number of ether oxygens (including phenoxy) is 1. The Morgan fingerprint density at radius 3 is 2.53 bits per heavy atom. The van der Waals surface area contributed by atoms with Gasteiger partial charge in [0.15, 0.2) is 0 Å². The van der Waals surface area contributed by atoms with Crippen LogP contribution in [0.15, 0.2) is 72.9 Å². The zero-order valence-corrected chi connectivity index (χ0v) is 16.7. The summed E-state index contributed by atoms with van der Waals surface area (Å²) in [5, 5.41) is 15.4. The minimum Gasteiger partial charge on any atom is -0.505 e. The molecule has 0 amide bonds. The molecule has 0 fully saturated rings. The third-order valence-corrected chi connectivity index (χ3v) is 4.99. The van der Waals surface area contributed by atoms with Gasteiger partial charge in [-0.05, 0) is 37.3 Å². The summed E-state index contributed by atoms with van der Waals surface area (Å²) >= 11 is 0. The summed E-state index contributed by atoms with van der Waals surface area (Å²) in [6.45, 7) is 1.89. The van der Waals surface area contributed by atoms with Gasteiger partial charge in [-0.15, -0.1) is 0 Å². The van der Waals surface area contributed by atoms with Crippen LogP contribution in [0.1, 0.15) is 33.2 Å². The van der Waals surface area contributed by atoms with Gasteiger partial charge in [0, 0.05) is 28.3 Å². The maximum atomic E-state index is 11.8. The molecule has 30 heavy (non-hydrogen) atoms. The van der Waals surface area contributed by atoms with E-state index in [0.29, 0.717) is 16.6 Å². The zero-order chi connectivity index (χ0) is 21.1. The van der Waals surface area contributed by atoms with Crippen LogP contribution in [0.25, 0.3) is 10.9 Å². The normalized spacial score (nSPS) is 11.8. The van der Waals surface area contributed by atoms with Crippen molar-refractivity contribution >= 4 is 22.7 Å². The van der Waals surface area contributed by atoms with Gasteiger partial charge >= 0.3 is 5.97 Å². The van der Waals surface area contributed by atoms with Crippen molar-refractivity contribution in [2.24, 2.45) is 0 Å². The number of nitrogens with one attached hydrogen (secondary N) is 2. The number of methoxy groups -OCH3 is 1. The van der Waals surface area contributed by atoms with Crippen LogP contribution in [0.5, 0.6) is 5.75 Å². The molecular formula is C24H22N3O3+. The third-order valence-electron chi connectivity index (χ3n) is 4.99. The van der Waals surface area contributed by atoms with E-state index in [1.165, 1.54) is 7.11 Å². The first-order valence-electron chi connectivity index (χ1n) is 9.57. The molecule has 6 heteroatoms. The van der Waals surface area contributed by atoms with Crippen LogP contribution in [-0.2, 0) is 4.74 Å². The van der Waals surface area contributed by atoms with E-state index in [2.05, 4.69) is 15.3 Å². The second-order valence-electron chi connectivity index (χ2n) is 6.99. The topological polar surface area (TPSA) is 85.6 Å². The summed E-state index contributed by atoms with van der Waals surface area (Å²) in [5.41, 5.74) is 3.41. The number of benzene rings is 2. The van der Waals surface area contributed by atoms with Crippen molar-refractivity contribution in [3.8, 4) is 5.75 Å². The minimum absolute atomic E-state index is 0.127. The van der Waals surface area contributed by atoms with Gasteiger partial charge in [0.05, 0.1) is 18.9 Å². The Hall–Kier alpha value is -3.93. The number of phenolic OH excluding ortho intramolecular Hbond substituents is 1. The monoisotopic (exact) mass is 400 g/mol. The van der Waals surface area contributed by atoms with E-state index in [9.17, 15) is 9.90 Å². The molecule has 4 aromatic rings. The number of carbonyl (C=O) groups is 1. The summed E-state index contributed by atoms with van der Waals surface area (Å²) < 4.78 is 4.79. The van der Waals surface area contributed by atoms with Gasteiger partial charge in [0.1, 0.15) is 17.3 Å². The van der Waals surface area contributed by atoms with Crippen LogP contribution in [0.4, 0.5) is 5.82 Å². The average molecular weight is 400 g/mol. The van der Waals surface area contributed by atoms with Crippen LogP contribution in [-0.4, -0.2) is 23.2 Å². The fraction of sp³-hybridized carbons (Fsp3) is 0.125. The van der Waals surface area contributed by atoms with Crippen molar-refractivity contribution in [3.05, 3.63) is 95.3 Å². The minimum atomic E-state index is -0.393. The first kappa shape index (κ1) is 19.4. The molecule has 150 valence electrons. The number of esters is 1. The Morgan fingerprint density at radius 1 is 1.07 bits per heavy atom. The molecule has 0 unspecified atom stereocenters. The molecule has 1 atom stereocenters. The molecule has 0 bridgehead atoms. The third kappa shape index (κ3) is 3.80. The van der Waals surface area contributed by atoms with Crippen LogP contribution in [0.3, 0.4) is 0 Å². The van der Waals surface area contributed by atoms with Gasteiger partial charge in [-0.2, -0.15) is 0 Å². The first-order chi connectivity index (χ1) is 14.6. The molecule has 0 saturated carbocycles. The lowest BCUT2D eigenvalue weighted by atomic mass is 9.95. The summed E-state index contributed by atoms with van der Waals surface area (Å²) in [5.74, 6) is 0.522. The number of phenols is 1. The van der Waals surface area contributed by atoms with Crippen LogP contribution in [0, 0.1) is 6.92 Å². The van der Waals surface area contributed by atoms with Crippen molar-refractivity contribution < 1.29 is 19.6 Å². The molecule has 2 aromatic heterocycles. The Bertz CT molecular complexity index is 1190. The van der Waals surface area contributed by atoms with Crippen molar-refractivity contribution in [2.45, 2.75) is 13.0 Å². The van der Waals surface area contributed by atoms with E-state index in [1.54, 1.807) is 12.1 Å². The standard InChI is InChI=1S/C24H21N3O3/c1-15-6-7-17-12-13-19(23(28)22(17)26-15)21(27-20-5-3-4-14-25-20)16-8-10-18(11-9-16)24(29)30-2/h3-14,21,28H,1-2H3,(H,25,27)/p+1/t21-/m1/s1. The molecule has 0 saturated heterocycles. The molecular weight excluding hydrogens is 378 g/mol. The highest BCUT2D eigenvalue weighted by molar-refractivity contribution is 5.89. The number of aromatic nitrogens is 2. The van der Waals surface area contributed by atoms with Crippen LogP contribution >= 0.6 is 0 Å². The quantitative estimate of drug-likeness (QED) is 0.494. The van der Waals surface area contributed by atoms with Crippen molar-refractivity contribution in [1.82, 2.24) is 4.98 Å². The number of aromatic hydroxyl groups is 1. The first-order valence-corrected chi connectivity index (χ1v) is 9.57. The molecule has 2 heterocycles. The Morgan fingerprint density at radius 2 is 1.83 bits per heavy atom. The number of hydrogen-bond donors (Lipinski definition) is 2. The number of aryl methyl sites for hydroxylation is 1. The van der Waals surface area contributed by atoms with E-state index in [4.69, 9.17) is 4.74 Å². The lowest BCUT2D eigenvalue weighted by Crippen LogP contribution is -2.19. The van der Waals surface area contributed by atoms with Crippen LogP contribution < -0.4 is 10.3 Å². The van der Waals surface area contributed by atoms with Gasteiger partial charge in [-0.1, -0.05) is 30.3 Å². The number of hydrogen-bond acceptors (Lipinski definition) is 5. The van der Waals surface area contributed by atoms with Crippen molar-refractivity contribution in [3.63, 3.8) is 0 Å². The van der Waals surface area contributed by atoms with Crippen LogP contribution in [0.2, 0.25) is 0 Å². The Balaban J connectivity index is 1.82. The predicted octanol–water partition coefficient (Wildman–Crippen LogP) is 4.05. The van der Waals surface area contributed by atoms with E-state index in [-0.39, 0.29) is 11.8 Å². The lowest BCUT2D eigenvalue weighted by molar-refractivity contribution is -0.361. The predicted molar refractivity (Wildman–Crippen MR) is 114 cm³/mol. The van der Waals surface area contributed by atoms with Crippen molar-refractivity contribution in [1.29, 1.82) is 0 Å². The highest BCUT2D eigenvalue weighted by atomic mass is 16.5. The SMILES string of the molecule is COC(=O)c1ccc([C@@H](Nc2cccc[nH+]2)c2ccc3ccc(C)nc3c2O)cc1. The molecule has 0 spiro atoms.